The van der Waals surface area contributed by atoms with Gasteiger partial charge in [0, 0.05) is 6.54 Å². The van der Waals surface area contributed by atoms with Gasteiger partial charge in [-0.1, -0.05) is 42.3 Å². The van der Waals surface area contributed by atoms with Crippen LogP contribution in [0.25, 0.3) is 0 Å². The van der Waals surface area contributed by atoms with Gasteiger partial charge in [-0.3, -0.25) is 0 Å². The van der Waals surface area contributed by atoms with Gasteiger partial charge >= 0.3 is 0 Å². The number of rotatable bonds is 1. The van der Waals surface area contributed by atoms with Crippen LogP contribution >= 0.6 is 11.9 Å². The summed E-state index contributed by atoms with van der Waals surface area (Å²) < 4.78 is 0. The maximum absolute atomic E-state index is 3.08. The molecule has 2 N–H and O–H groups in total. The summed E-state index contributed by atoms with van der Waals surface area (Å²) in [7, 11) is 0. The van der Waals surface area contributed by atoms with Crippen molar-refractivity contribution in [2.45, 2.75) is 5.25 Å². The lowest BCUT2D eigenvalue weighted by atomic mass is 10.1. The van der Waals surface area contributed by atoms with Gasteiger partial charge in [0.25, 0.3) is 0 Å². The monoisotopic (exact) mass is 166 g/mol. The largest absolute Gasteiger partial charge is 0.246 e. The first-order chi connectivity index (χ1) is 5.47. The van der Waals surface area contributed by atoms with Crippen LogP contribution in [0, 0.1) is 0 Å². The molecule has 1 heterocycles. The fraction of sp³-hybridized carbons (Fsp3) is 0.250. The van der Waals surface area contributed by atoms with E-state index in [1.807, 2.05) is 6.07 Å². The molecule has 2 rings (SSSR count). The minimum atomic E-state index is 0.566. The molecule has 0 bridgehead atoms. The highest BCUT2D eigenvalue weighted by atomic mass is 32.2. The third-order valence-electron chi connectivity index (χ3n) is 1.73. The molecule has 1 saturated heterocycles. The van der Waals surface area contributed by atoms with Crippen molar-refractivity contribution in [3.8, 4) is 0 Å². The summed E-state index contributed by atoms with van der Waals surface area (Å²) in [6, 6.07) is 10.5. The van der Waals surface area contributed by atoms with Crippen LogP contribution in [0.1, 0.15) is 10.8 Å². The first kappa shape index (κ1) is 7.16. The van der Waals surface area contributed by atoms with Crippen molar-refractivity contribution in [2.24, 2.45) is 0 Å². The summed E-state index contributed by atoms with van der Waals surface area (Å²) in [5.41, 5.74) is 4.47. The van der Waals surface area contributed by atoms with E-state index in [1.165, 1.54) is 5.56 Å². The fourth-order valence-corrected chi connectivity index (χ4v) is 1.91. The van der Waals surface area contributed by atoms with Crippen LogP contribution in [0.4, 0.5) is 0 Å². The van der Waals surface area contributed by atoms with Crippen LogP contribution < -0.4 is 10.3 Å². The Morgan fingerprint density at radius 1 is 1.27 bits per heavy atom. The Bertz CT molecular complexity index is 219. The first-order valence-corrected chi connectivity index (χ1v) is 4.53. The molecule has 0 aromatic heterocycles. The van der Waals surface area contributed by atoms with Crippen molar-refractivity contribution < 1.29 is 0 Å². The van der Waals surface area contributed by atoms with Crippen LogP contribution in [-0.2, 0) is 0 Å². The van der Waals surface area contributed by atoms with Crippen LogP contribution in [0.15, 0.2) is 30.3 Å². The molecular formula is C8H10N2S. The molecule has 58 valence electrons. The van der Waals surface area contributed by atoms with E-state index >= 15 is 0 Å². The van der Waals surface area contributed by atoms with Gasteiger partial charge in [-0.15, -0.1) is 0 Å². The standard InChI is InChI=1S/C8H10N2S/c1-2-4-7(5-3-1)8-6-9-10-11-8/h1-5,8-10H,6H2. The van der Waals surface area contributed by atoms with Gasteiger partial charge in [-0.25, -0.2) is 10.3 Å². The number of nitrogens with one attached hydrogen (secondary N) is 2. The number of hydrogen-bond donors (Lipinski definition) is 2. The van der Waals surface area contributed by atoms with E-state index in [2.05, 4.69) is 34.5 Å². The molecule has 0 saturated carbocycles. The Labute approximate surface area is 70.5 Å². The van der Waals surface area contributed by atoms with Crippen LogP contribution in [0.3, 0.4) is 0 Å². The van der Waals surface area contributed by atoms with E-state index in [4.69, 9.17) is 0 Å². The Hall–Kier alpha value is -0.510. The smallest absolute Gasteiger partial charge is 0.0593 e. The molecule has 1 fully saturated rings. The molecule has 1 aliphatic rings. The van der Waals surface area contributed by atoms with Crippen LogP contribution in [-0.4, -0.2) is 6.54 Å². The van der Waals surface area contributed by atoms with Crippen molar-refractivity contribution in [3.63, 3.8) is 0 Å². The van der Waals surface area contributed by atoms with Crippen molar-refractivity contribution in [1.29, 1.82) is 0 Å². The second-order valence-corrected chi connectivity index (χ2v) is 3.51. The molecule has 3 heteroatoms. The molecule has 0 aliphatic carbocycles. The summed E-state index contributed by atoms with van der Waals surface area (Å²) in [4.78, 5) is 3.04. The highest BCUT2D eigenvalue weighted by Gasteiger charge is 2.15. The number of hydrazine groups is 1. The maximum Gasteiger partial charge on any atom is 0.0593 e. The Morgan fingerprint density at radius 3 is 2.73 bits per heavy atom. The SMILES string of the molecule is c1ccc(C2CNNS2)cc1. The Morgan fingerprint density at radius 2 is 2.09 bits per heavy atom. The zero-order chi connectivity index (χ0) is 7.52. The van der Waals surface area contributed by atoms with Crippen LogP contribution in [0.5, 0.6) is 0 Å². The highest BCUT2D eigenvalue weighted by Crippen LogP contribution is 2.27. The van der Waals surface area contributed by atoms with Gasteiger partial charge in [-0.05, 0) is 5.56 Å². The molecule has 1 aromatic rings. The molecule has 11 heavy (non-hydrogen) atoms. The normalized spacial score (nSPS) is 23.8. The van der Waals surface area contributed by atoms with E-state index < -0.39 is 0 Å². The van der Waals surface area contributed by atoms with Crippen molar-refractivity contribution in [2.75, 3.05) is 6.54 Å². The molecule has 1 atom stereocenters. The average molecular weight is 166 g/mol. The summed E-state index contributed by atoms with van der Waals surface area (Å²) in [5, 5.41) is 0.566. The molecule has 1 aromatic carbocycles. The van der Waals surface area contributed by atoms with Gasteiger partial charge in [0.2, 0.25) is 0 Å². The van der Waals surface area contributed by atoms with E-state index in [9.17, 15) is 0 Å². The molecule has 1 aliphatic heterocycles. The predicted molar refractivity (Wildman–Crippen MR) is 47.9 cm³/mol. The second kappa shape index (κ2) is 3.26. The number of benzene rings is 1. The van der Waals surface area contributed by atoms with E-state index in [0.29, 0.717) is 5.25 Å². The lowest BCUT2D eigenvalue weighted by Gasteiger charge is -2.04. The zero-order valence-corrected chi connectivity index (χ0v) is 6.90. The van der Waals surface area contributed by atoms with Gasteiger partial charge in [-0.2, -0.15) is 0 Å². The lowest BCUT2D eigenvalue weighted by Crippen LogP contribution is -2.17. The molecule has 2 nitrogen and oxygen atoms in total. The van der Waals surface area contributed by atoms with E-state index in [-0.39, 0.29) is 0 Å². The third-order valence-corrected chi connectivity index (χ3v) is 2.72. The van der Waals surface area contributed by atoms with Gasteiger partial charge in [0.1, 0.15) is 0 Å². The van der Waals surface area contributed by atoms with Gasteiger partial charge in [0.15, 0.2) is 0 Å². The Kier molecular flexibility index (Phi) is 2.12. The summed E-state index contributed by atoms with van der Waals surface area (Å²) in [6.45, 7) is 1.01. The summed E-state index contributed by atoms with van der Waals surface area (Å²) in [6.07, 6.45) is 0. The zero-order valence-electron chi connectivity index (χ0n) is 6.08. The fourth-order valence-electron chi connectivity index (χ4n) is 1.14. The molecule has 0 spiro atoms. The Balaban J connectivity index is 2.16. The first-order valence-electron chi connectivity index (χ1n) is 3.65. The average Bonchev–Trinajstić information content (AvgIpc) is 2.58. The van der Waals surface area contributed by atoms with E-state index in [0.717, 1.165) is 6.54 Å². The van der Waals surface area contributed by atoms with Gasteiger partial charge < -0.3 is 0 Å². The molecule has 0 amide bonds. The second-order valence-electron chi connectivity index (χ2n) is 2.50. The van der Waals surface area contributed by atoms with Crippen molar-refractivity contribution in [3.05, 3.63) is 35.9 Å². The topological polar surface area (TPSA) is 24.1 Å². The third kappa shape index (κ3) is 1.56. The van der Waals surface area contributed by atoms with Crippen molar-refractivity contribution in [1.82, 2.24) is 10.3 Å². The van der Waals surface area contributed by atoms with Crippen molar-refractivity contribution >= 4 is 11.9 Å². The number of hydrogen-bond acceptors (Lipinski definition) is 3. The summed E-state index contributed by atoms with van der Waals surface area (Å²) in [5.74, 6) is 0. The van der Waals surface area contributed by atoms with Gasteiger partial charge in [0.05, 0.1) is 5.25 Å². The minimum absolute atomic E-state index is 0.566. The highest BCUT2D eigenvalue weighted by molar-refractivity contribution is 7.97. The lowest BCUT2D eigenvalue weighted by molar-refractivity contribution is 0.723. The summed E-state index contributed by atoms with van der Waals surface area (Å²) >= 11 is 1.73. The quantitative estimate of drug-likeness (QED) is 0.618. The molecule has 0 radical (unpaired) electrons. The molecule has 1 unspecified atom stereocenters. The predicted octanol–water partition coefficient (Wildman–Crippen LogP) is 1.48. The maximum atomic E-state index is 3.08. The van der Waals surface area contributed by atoms with E-state index in [1.54, 1.807) is 11.9 Å². The molecular weight excluding hydrogens is 156 g/mol. The van der Waals surface area contributed by atoms with Crippen LogP contribution in [0.2, 0.25) is 0 Å². The minimum Gasteiger partial charge on any atom is -0.246 e.